The second kappa shape index (κ2) is 5.38. The summed E-state index contributed by atoms with van der Waals surface area (Å²) in [6.07, 6.45) is 7.81. The van der Waals surface area contributed by atoms with Gasteiger partial charge >= 0.3 is 0 Å². The molecule has 0 aliphatic heterocycles. The van der Waals surface area contributed by atoms with Crippen LogP contribution in [0.4, 0.5) is 0 Å². The second-order valence-electron chi connectivity index (χ2n) is 8.65. The average molecular weight is 395 g/mol. The molecule has 0 saturated heterocycles. The number of pyridine rings is 2. The van der Waals surface area contributed by atoms with Crippen LogP contribution in [0.3, 0.4) is 0 Å². The van der Waals surface area contributed by atoms with Crippen LogP contribution in [-0.4, -0.2) is 14.4 Å². The summed E-state index contributed by atoms with van der Waals surface area (Å²) in [5.41, 5.74) is 14.5. The molecule has 0 amide bonds. The summed E-state index contributed by atoms with van der Waals surface area (Å²) in [6, 6.07) is 22.2. The monoisotopic (exact) mass is 395 g/mol. The van der Waals surface area contributed by atoms with E-state index in [2.05, 4.69) is 59.0 Å². The van der Waals surface area contributed by atoms with Crippen LogP contribution in [0.25, 0.3) is 49.7 Å². The van der Waals surface area contributed by atoms with Crippen molar-refractivity contribution in [3.8, 4) is 22.3 Å². The standard InChI is InChI=1S/C28H17N3/c1-2-5-19-16(4-1)14-17-7-8-18-15-22-20(25(18)24(17)19)9-10-21-26(22)28-30-12-13-31(28)23-6-3-11-29-27(21)23/h1-13H,14-15H2. The molecule has 0 unspecified atom stereocenters. The van der Waals surface area contributed by atoms with E-state index in [1.165, 1.54) is 55.3 Å². The quantitative estimate of drug-likeness (QED) is 0.287. The molecule has 144 valence electrons. The number of nitrogens with zero attached hydrogens (tertiary/aromatic N) is 3. The highest BCUT2D eigenvalue weighted by Gasteiger charge is 2.30. The maximum atomic E-state index is 4.78. The summed E-state index contributed by atoms with van der Waals surface area (Å²) in [6.45, 7) is 0. The molecule has 6 aromatic rings. The predicted octanol–water partition coefficient (Wildman–Crippen LogP) is 6.18. The van der Waals surface area contributed by atoms with E-state index < -0.39 is 0 Å². The Hall–Kier alpha value is -3.98. The first kappa shape index (κ1) is 15.8. The van der Waals surface area contributed by atoms with Crippen molar-refractivity contribution in [2.75, 3.05) is 0 Å². The highest BCUT2D eigenvalue weighted by molar-refractivity contribution is 6.14. The molecule has 3 nitrogen and oxygen atoms in total. The summed E-state index contributed by atoms with van der Waals surface area (Å²) in [7, 11) is 0. The number of fused-ring (bicyclic) bond motifs is 14. The number of hydrogen-bond acceptors (Lipinski definition) is 2. The molecule has 0 fully saturated rings. The molecular weight excluding hydrogens is 378 g/mol. The van der Waals surface area contributed by atoms with Crippen molar-refractivity contribution in [2.45, 2.75) is 12.8 Å². The Kier molecular flexibility index (Phi) is 2.74. The minimum Gasteiger partial charge on any atom is -0.298 e. The van der Waals surface area contributed by atoms with Crippen LogP contribution < -0.4 is 0 Å². The van der Waals surface area contributed by atoms with Gasteiger partial charge in [-0.15, -0.1) is 0 Å². The number of imidazole rings is 1. The molecule has 31 heavy (non-hydrogen) atoms. The molecule has 2 aliphatic rings. The van der Waals surface area contributed by atoms with Crippen molar-refractivity contribution < 1.29 is 0 Å². The predicted molar refractivity (Wildman–Crippen MR) is 124 cm³/mol. The van der Waals surface area contributed by atoms with E-state index in [1.54, 1.807) is 0 Å². The van der Waals surface area contributed by atoms with E-state index in [0.29, 0.717) is 0 Å². The Morgan fingerprint density at radius 3 is 2.52 bits per heavy atom. The lowest BCUT2D eigenvalue weighted by Crippen LogP contribution is -1.95. The van der Waals surface area contributed by atoms with E-state index in [0.717, 1.165) is 29.5 Å². The lowest BCUT2D eigenvalue weighted by Gasteiger charge is -2.13. The van der Waals surface area contributed by atoms with Gasteiger partial charge in [0.1, 0.15) is 5.65 Å². The van der Waals surface area contributed by atoms with Crippen molar-refractivity contribution in [3.05, 3.63) is 102 Å². The van der Waals surface area contributed by atoms with Gasteiger partial charge in [-0.05, 0) is 69.5 Å². The molecular formula is C28H17N3. The molecule has 2 aliphatic carbocycles. The van der Waals surface area contributed by atoms with Gasteiger partial charge in [0.2, 0.25) is 0 Å². The fraction of sp³-hybridized carbons (Fsp3) is 0.0714. The Balaban J connectivity index is 1.53. The zero-order valence-corrected chi connectivity index (χ0v) is 16.8. The van der Waals surface area contributed by atoms with E-state index in [1.807, 2.05) is 24.7 Å². The first-order valence-electron chi connectivity index (χ1n) is 10.8. The van der Waals surface area contributed by atoms with Crippen molar-refractivity contribution in [3.63, 3.8) is 0 Å². The minimum atomic E-state index is 0.943. The van der Waals surface area contributed by atoms with Gasteiger partial charge in [0.05, 0.1) is 11.0 Å². The van der Waals surface area contributed by atoms with Crippen molar-refractivity contribution in [2.24, 2.45) is 0 Å². The first-order chi connectivity index (χ1) is 15.4. The maximum absolute atomic E-state index is 4.78. The zero-order valence-electron chi connectivity index (χ0n) is 16.8. The molecule has 3 heterocycles. The summed E-state index contributed by atoms with van der Waals surface area (Å²) in [4.78, 5) is 9.53. The second-order valence-corrected chi connectivity index (χ2v) is 8.65. The van der Waals surface area contributed by atoms with E-state index >= 15 is 0 Å². The Bertz CT molecular complexity index is 1740. The third kappa shape index (κ3) is 1.85. The SMILES string of the molecule is c1ccc2c(c1)Cc1ccc3c(c1-2)-c1ccc2c4ncccc4n4ccnc4c2c1C3. The van der Waals surface area contributed by atoms with Crippen LogP contribution in [0.15, 0.2) is 79.3 Å². The summed E-state index contributed by atoms with van der Waals surface area (Å²) >= 11 is 0. The summed E-state index contributed by atoms with van der Waals surface area (Å²) in [5.74, 6) is 0. The van der Waals surface area contributed by atoms with Crippen molar-refractivity contribution >= 4 is 27.5 Å². The average Bonchev–Trinajstić information content (AvgIpc) is 3.53. The van der Waals surface area contributed by atoms with Gasteiger partial charge < -0.3 is 0 Å². The van der Waals surface area contributed by atoms with Gasteiger partial charge in [-0.2, -0.15) is 0 Å². The van der Waals surface area contributed by atoms with Crippen molar-refractivity contribution in [1.29, 1.82) is 0 Å². The van der Waals surface area contributed by atoms with E-state index in [4.69, 9.17) is 9.97 Å². The number of benzene rings is 3. The summed E-state index contributed by atoms with van der Waals surface area (Å²) < 4.78 is 2.19. The van der Waals surface area contributed by atoms with E-state index in [-0.39, 0.29) is 0 Å². The first-order valence-corrected chi connectivity index (χ1v) is 10.8. The van der Waals surface area contributed by atoms with Crippen LogP contribution in [-0.2, 0) is 12.8 Å². The Labute approximate surface area is 178 Å². The van der Waals surface area contributed by atoms with Crippen LogP contribution in [0.1, 0.15) is 22.3 Å². The van der Waals surface area contributed by atoms with Gasteiger partial charge in [0, 0.05) is 29.4 Å². The van der Waals surface area contributed by atoms with Crippen LogP contribution in [0.2, 0.25) is 0 Å². The number of aromatic nitrogens is 3. The van der Waals surface area contributed by atoms with Gasteiger partial charge in [0.15, 0.2) is 0 Å². The molecule has 0 atom stereocenters. The molecule has 0 radical (unpaired) electrons. The normalized spacial score (nSPS) is 13.5. The largest absolute Gasteiger partial charge is 0.298 e. The highest BCUT2D eigenvalue weighted by Crippen LogP contribution is 2.51. The van der Waals surface area contributed by atoms with Gasteiger partial charge in [-0.3, -0.25) is 9.38 Å². The molecule has 3 heteroatoms. The fourth-order valence-corrected chi connectivity index (χ4v) is 5.91. The summed E-state index contributed by atoms with van der Waals surface area (Å²) in [5, 5.41) is 2.43. The van der Waals surface area contributed by atoms with Crippen LogP contribution in [0.5, 0.6) is 0 Å². The third-order valence-corrected chi connectivity index (χ3v) is 7.16. The molecule has 0 spiro atoms. The lowest BCUT2D eigenvalue weighted by atomic mass is 9.93. The Morgan fingerprint density at radius 2 is 1.55 bits per heavy atom. The molecule has 8 rings (SSSR count). The van der Waals surface area contributed by atoms with Crippen LogP contribution >= 0.6 is 0 Å². The van der Waals surface area contributed by atoms with E-state index in [9.17, 15) is 0 Å². The smallest absolute Gasteiger partial charge is 0.145 e. The number of rotatable bonds is 0. The molecule has 3 aromatic carbocycles. The minimum absolute atomic E-state index is 0.943. The zero-order chi connectivity index (χ0) is 20.1. The topological polar surface area (TPSA) is 30.2 Å². The van der Waals surface area contributed by atoms with Gasteiger partial charge in [-0.1, -0.05) is 48.5 Å². The fourth-order valence-electron chi connectivity index (χ4n) is 5.91. The Morgan fingerprint density at radius 1 is 0.677 bits per heavy atom. The van der Waals surface area contributed by atoms with Gasteiger partial charge in [-0.25, -0.2) is 4.98 Å². The third-order valence-electron chi connectivity index (χ3n) is 7.16. The van der Waals surface area contributed by atoms with Gasteiger partial charge in [0.25, 0.3) is 0 Å². The van der Waals surface area contributed by atoms with Crippen molar-refractivity contribution in [1.82, 2.24) is 14.4 Å². The molecule has 0 bridgehead atoms. The maximum Gasteiger partial charge on any atom is 0.145 e. The molecule has 3 aromatic heterocycles. The highest BCUT2D eigenvalue weighted by atomic mass is 15.0. The number of hydrogen-bond donors (Lipinski definition) is 0. The molecule has 0 saturated carbocycles. The lowest BCUT2D eigenvalue weighted by molar-refractivity contribution is 1.23. The molecule has 0 N–H and O–H groups in total. The van der Waals surface area contributed by atoms with Crippen LogP contribution in [0, 0.1) is 0 Å².